The van der Waals surface area contributed by atoms with Crippen LogP contribution in [0.4, 0.5) is 5.69 Å². The maximum absolute atomic E-state index is 8.87. The number of anilines is 1. The van der Waals surface area contributed by atoms with Gasteiger partial charge in [-0.3, -0.25) is 4.98 Å². The molecule has 0 amide bonds. The molecule has 96 valence electrons. The molecule has 0 fully saturated rings. The SMILES string of the molecule is N#Cc1cccc(OCCCc2ccncc2)c1N. The monoisotopic (exact) mass is 253 g/mol. The number of aryl methyl sites for hydroxylation is 1. The predicted octanol–water partition coefficient (Wildman–Crippen LogP) is 2.55. The third kappa shape index (κ3) is 3.46. The molecule has 0 aliphatic heterocycles. The number of nitrogen functional groups attached to an aromatic ring is 1. The summed E-state index contributed by atoms with van der Waals surface area (Å²) in [5.74, 6) is 0.578. The van der Waals surface area contributed by atoms with E-state index in [4.69, 9.17) is 15.7 Å². The van der Waals surface area contributed by atoms with Crippen LogP contribution in [0.25, 0.3) is 0 Å². The first-order valence-corrected chi connectivity index (χ1v) is 6.11. The highest BCUT2D eigenvalue weighted by Gasteiger charge is 2.04. The van der Waals surface area contributed by atoms with E-state index >= 15 is 0 Å². The normalized spacial score (nSPS) is 9.84. The quantitative estimate of drug-likeness (QED) is 0.656. The van der Waals surface area contributed by atoms with Gasteiger partial charge >= 0.3 is 0 Å². The fraction of sp³-hybridized carbons (Fsp3) is 0.200. The Hall–Kier alpha value is -2.54. The summed E-state index contributed by atoms with van der Waals surface area (Å²) in [4.78, 5) is 3.97. The van der Waals surface area contributed by atoms with Gasteiger partial charge in [-0.05, 0) is 42.7 Å². The number of hydrogen-bond donors (Lipinski definition) is 1. The molecule has 19 heavy (non-hydrogen) atoms. The van der Waals surface area contributed by atoms with Gasteiger partial charge in [0.1, 0.15) is 11.8 Å². The van der Waals surface area contributed by atoms with Crippen molar-refractivity contribution in [3.8, 4) is 11.8 Å². The van der Waals surface area contributed by atoms with E-state index < -0.39 is 0 Å². The summed E-state index contributed by atoms with van der Waals surface area (Å²) in [5, 5.41) is 8.87. The van der Waals surface area contributed by atoms with Crippen molar-refractivity contribution < 1.29 is 4.74 Å². The molecule has 0 aliphatic carbocycles. The third-order valence-electron chi connectivity index (χ3n) is 2.80. The number of ether oxygens (including phenoxy) is 1. The van der Waals surface area contributed by atoms with E-state index in [1.807, 2.05) is 18.2 Å². The van der Waals surface area contributed by atoms with Crippen molar-refractivity contribution in [3.63, 3.8) is 0 Å². The van der Waals surface area contributed by atoms with E-state index in [9.17, 15) is 0 Å². The molecule has 0 saturated heterocycles. The maximum atomic E-state index is 8.87. The van der Waals surface area contributed by atoms with Crippen LogP contribution in [0.15, 0.2) is 42.7 Å². The zero-order chi connectivity index (χ0) is 13.5. The average Bonchev–Trinajstić information content (AvgIpc) is 2.46. The number of nitrogens with two attached hydrogens (primary N) is 1. The van der Waals surface area contributed by atoms with E-state index in [0.29, 0.717) is 23.6 Å². The second kappa shape index (κ2) is 6.41. The summed E-state index contributed by atoms with van der Waals surface area (Å²) >= 11 is 0. The predicted molar refractivity (Wildman–Crippen MR) is 73.6 cm³/mol. The van der Waals surface area contributed by atoms with Crippen LogP contribution in [0.3, 0.4) is 0 Å². The Kier molecular flexibility index (Phi) is 4.35. The standard InChI is InChI=1S/C15H15N3O/c16-11-13-4-1-5-14(15(13)17)19-10-2-3-12-6-8-18-9-7-12/h1,4-9H,2-3,10,17H2. The maximum Gasteiger partial charge on any atom is 0.143 e. The van der Waals surface area contributed by atoms with Gasteiger partial charge in [-0.25, -0.2) is 0 Å². The lowest BCUT2D eigenvalue weighted by Gasteiger charge is -2.09. The van der Waals surface area contributed by atoms with Crippen molar-refractivity contribution in [3.05, 3.63) is 53.9 Å². The Bertz CT molecular complexity index is 576. The summed E-state index contributed by atoms with van der Waals surface area (Å²) in [6, 6.07) is 11.3. The van der Waals surface area contributed by atoms with Gasteiger partial charge in [0.25, 0.3) is 0 Å². The Morgan fingerprint density at radius 1 is 1.21 bits per heavy atom. The summed E-state index contributed by atoms with van der Waals surface area (Å²) in [5.41, 5.74) is 7.93. The number of pyridine rings is 1. The number of para-hydroxylation sites is 1. The molecule has 4 nitrogen and oxygen atoms in total. The molecule has 0 radical (unpaired) electrons. The van der Waals surface area contributed by atoms with Gasteiger partial charge in [-0.15, -0.1) is 0 Å². The second-order valence-corrected chi connectivity index (χ2v) is 4.14. The van der Waals surface area contributed by atoms with Gasteiger partial charge < -0.3 is 10.5 Å². The Morgan fingerprint density at radius 3 is 2.74 bits per heavy atom. The molecule has 1 aromatic carbocycles. The van der Waals surface area contributed by atoms with Crippen molar-refractivity contribution in [2.75, 3.05) is 12.3 Å². The summed E-state index contributed by atoms with van der Waals surface area (Å²) in [6.45, 7) is 0.571. The van der Waals surface area contributed by atoms with Crippen LogP contribution in [0, 0.1) is 11.3 Å². The lowest BCUT2D eigenvalue weighted by molar-refractivity contribution is 0.312. The van der Waals surface area contributed by atoms with Crippen LogP contribution >= 0.6 is 0 Å². The van der Waals surface area contributed by atoms with Crippen LogP contribution in [0.1, 0.15) is 17.5 Å². The number of benzene rings is 1. The fourth-order valence-electron chi connectivity index (χ4n) is 1.78. The van der Waals surface area contributed by atoms with E-state index in [2.05, 4.69) is 4.98 Å². The first-order chi connectivity index (χ1) is 9.31. The smallest absolute Gasteiger partial charge is 0.143 e. The molecule has 0 bridgehead atoms. The second-order valence-electron chi connectivity index (χ2n) is 4.14. The molecular formula is C15H15N3O. The summed E-state index contributed by atoms with van der Waals surface area (Å²) in [7, 11) is 0. The van der Waals surface area contributed by atoms with Gasteiger partial charge in [0.15, 0.2) is 0 Å². The molecule has 2 aromatic rings. The van der Waals surface area contributed by atoms with Crippen LogP contribution < -0.4 is 10.5 Å². The molecule has 0 unspecified atom stereocenters. The number of nitriles is 1. The van der Waals surface area contributed by atoms with Crippen LogP contribution in [0.5, 0.6) is 5.75 Å². The molecule has 1 aromatic heterocycles. The van der Waals surface area contributed by atoms with Gasteiger partial charge in [-0.2, -0.15) is 5.26 Å². The lowest BCUT2D eigenvalue weighted by Crippen LogP contribution is -2.03. The van der Waals surface area contributed by atoms with Crippen LogP contribution in [0.2, 0.25) is 0 Å². The first-order valence-electron chi connectivity index (χ1n) is 6.11. The average molecular weight is 253 g/mol. The Morgan fingerprint density at radius 2 is 2.00 bits per heavy atom. The minimum atomic E-state index is 0.411. The van der Waals surface area contributed by atoms with E-state index in [0.717, 1.165) is 12.8 Å². The first kappa shape index (κ1) is 12.9. The lowest BCUT2D eigenvalue weighted by atomic mass is 10.1. The highest BCUT2D eigenvalue weighted by Crippen LogP contribution is 2.24. The van der Waals surface area contributed by atoms with Crippen molar-refractivity contribution in [2.45, 2.75) is 12.8 Å². The van der Waals surface area contributed by atoms with Gasteiger partial charge in [0.05, 0.1) is 17.9 Å². The third-order valence-corrected chi connectivity index (χ3v) is 2.80. The molecular weight excluding hydrogens is 238 g/mol. The number of hydrogen-bond acceptors (Lipinski definition) is 4. The van der Waals surface area contributed by atoms with Gasteiger partial charge in [0, 0.05) is 12.4 Å². The Balaban J connectivity index is 1.85. The zero-order valence-electron chi connectivity index (χ0n) is 10.5. The van der Waals surface area contributed by atoms with Crippen molar-refractivity contribution >= 4 is 5.69 Å². The van der Waals surface area contributed by atoms with Crippen LogP contribution in [-0.2, 0) is 6.42 Å². The van der Waals surface area contributed by atoms with E-state index in [1.165, 1.54) is 5.56 Å². The Labute approximate surface area is 112 Å². The molecule has 0 atom stereocenters. The number of nitrogens with zero attached hydrogens (tertiary/aromatic N) is 2. The minimum Gasteiger partial charge on any atom is -0.491 e. The van der Waals surface area contributed by atoms with Crippen molar-refractivity contribution in [1.82, 2.24) is 4.98 Å². The summed E-state index contributed by atoms with van der Waals surface area (Å²) < 4.78 is 5.61. The zero-order valence-corrected chi connectivity index (χ0v) is 10.5. The molecule has 0 aliphatic rings. The topological polar surface area (TPSA) is 71.9 Å². The van der Waals surface area contributed by atoms with Gasteiger partial charge in [-0.1, -0.05) is 6.07 Å². The number of aromatic nitrogens is 1. The molecule has 0 saturated carbocycles. The molecule has 2 N–H and O–H groups in total. The van der Waals surface area contributed by atoms with Crippen LogP contribution in [-0.4, -0.2) is 11.6 Å². The largest absolute Gasteiger partial charge is 0.491 e. The minimum absolute atomic E-state index is 0.411. The molecule has 2 rings (SSSR count). The van der Waals surface area contributed by atoms with Crippen molar-refractivity contribution in [2.24, 2.45) is 0 Å². The number of rotatable bonds is 5. The van der Waals surface area contributed by atoms with Crippen molar-refractivity contribution in [1.29, 1.82) is 5.26 Å². The van der Waals surface area contributed by atoms with Gasteiger partial charge in [0.2, 0.25) is 0 Å². The highest BCUT2D eigenvalue weighted by atomic mass is 16.5. The highest BCUT2D eigenvalue weighted by molar-refractivity contribution is 5.62. The van der Waals surface area contributed by atoms with E-state index in [1.54, 1.807) is 30.6 Å². The molecule has 4 heteroatoms. The molecule has 1 heterocycles. The fourth-order valence-corrected chi connectivity index (χ4v) is 1.78. The summed E-state index contributed by atoms with van der Waals surface area (Å²) in [6.07, 6.45) is 5.38. The van der Waals surface area contributed by atoms with E-state index in [-0.39, 0.29) is 0 Å². The molecule has 0 spiro atoms.